The minimum Gasteiger partial charge on any atom is -0.475 e. The average Bonchev–Trinajstić information content (AvgIpc) is 2.36. The molecule has 0 radical (unpaired) electrons. The van der Waals surface area contributed by atoms with Gasteiger partial charge in [0.25, 0.3) is 0 Å². The minimum absolute atomic E-state index is 0.0696. The van der Waals surface area contributed by atoms with Crippen LogP contribution in [0.5, 0.6) is 0 Å². The fraction of sp³-hybridized carbons (Fsp3) is 0.286. The molecule has 0 aliphatic rings. The summed E-state index contributed by atoms with van der Waals surface area (Å²) in [6.45, 7) is -0.0696. The number of carboxylic acid groups (broad SMARTS) is 1. The van der Waals surface area contributed by atoms with Gasteiger partial charge in [0, 0.05) is 12.2 Å². The van der Waals surface area contributed by atoms with E-state index in [9.17, 15) is 4.79 Å². The van der Waals surface area contributed by atoms with Gasteiger partial charge >= 0.3 is 5.97 Å². The molecule has 0 aliphatic heterocycles. The van der Waals surface area contributed by atoms with Crippen molar-refractivity contribution in [2.45, 2.75) is 6.42 Å². The molecule has 0 amide bonds. The van der Waals surface area contributed by atoms with Crippen molar-refractivity contribution in [2.24, 2.45) is 0 Å². The SMILES string of the molecule is O=C(O)c1occc1CCO. The Morgan fingerprint density at radius 3 is 2.91 bits per heavy atom. The molecule has 0 unspecified atom stereocenters. The highest BCUT2D eigenvalue weighted by atomic mass is 16.4. The van der Waals surface area contributed by atoms with E-state index in [0.29, 0.717) is 12.0 Å². The summed E-state index contributed by atoms with van der Waals surface area (Å²) >= 11 is 0. The molecule has 0 saturated carbocycles. The molecule has 60 valence electrons. The van der Waals surface area contributed by atoms with Crippen LogP contribution in [0.2, 0.25) is 0 Å². The number of hydrogen-bond acceptors (Lipinski definition) is 3. The molecule has 1 rings (SSSR count). The zero-order valence-electron chi connectivity index (χ0n) is 5.78. The third kappa shape index (κ3) is 1.59. The third-order valence-corrected chi connectivity index (χ3v) is 1.32. The number of rotatable bonds is 3. The molecule has 1 heterocycles. The van der Waals surface area contributed by atoms with E-state index in [1.54, 1.807) is 6.07 Å². The fourth-order valence-corrected chi connectivity index (χ4v) is 0.841. The lowest BCUT2D eigenvalue weighted by Crippen LogP contribution is -2.00. The second-order valence-electron chi connectivity index (χ2n) is 2.05. The molecule has 2 N–H and O–H groups in total. The highest BCUT2D eigenvalue weighted by molar-refractivity contribution is 5.86. The van der Waals surface area contributed by atoms with Gasteiger partial charge in [0.1, 0.15) is 0 Å². The number of carbonyl (C=O) groups is 1. The summed E-state index contributed by atoms with van der Waals surface area (Å²) < 4.78 is 4.67. The van der Waals surface area contributed by atoms with Crippen molar-refractivity contribution in [1.82, 2.24) is 0 Å². The number of carboxylic acids is 1. The van der Waals surface area contributed by atoms with E-state index >= 15 is 0 Å². The van der Waals surface area contributed by atoms with Gasteiger partial charge in [0.15, 0.2) is 0 Å². The number of hydrogen-bond donors (Lipinski definition) is 2. The van der Waals surface area contributed by atoms with Crippen LogP contribution in [0.1, 0.15) is 16.1 Å². The normalized spacial score (nSPS) is 9.91. The number of furan rings is 1. The van der Waals surface area contributed by atoms with E-state index in [4.69, 9.17) is 10.2 Å². The molecular formula is C7H8O4. The third-order valence-electron chi connectivity index (χ3n) is 1.32. The predicted octanol–water partition coefficient (Wildman–Crippen LogP) is 0.513. The first kappa shape index (κ1) is 7.81. The van der Waals surface area contributed by atoms with Gasteiger partial charge in [-0.2, -0.15) is 0 Å². The molecule has 11 heavy (non-hydrogen) atoms. The molecule has 4 nitrogen and oxygen atoms in total. The summed E-state index contributed by atoms with van der Waals surface area (Å²) in [4.78, 5) is 10.4. The van der Waals surface area contributed by atoms with Crippen LogP contribution in [0.25, 0.3) is 0 Å². The molecule has 0 aliphatic carbocycles. The summed E-state index contributed by atoms with van der Waals surface area (Å²) in [5.41, 5.74) is 0.528. The Morgan fingerprint density at radius 2 is 2.36 bits per heavy atom. The van der Waals surface area contributed by atoms with Crippen molar-refractivity contribution in [2.75, 3.05) is 6.61 Å². The Kier molecular flexibility index (Phi) is 2.28. The van der Waals surface area contributed by atoms with Crippen LogP contribution in [-0.2, 0) is 6.42 Å². The predicted molar refractivity (Wildman–Crippen MR) is 36.5 cm³/mol. The van der Waals surface area contributed by atoms with Crippen LogP contribution in [0.4, 0.5) is 0 Å². The fourth-order valence-electron chi connectivity index (χ4n) is 0.841. The second-order valence-corrected chi connectivity index (χ2v) is 2.05. The van der Waals surface area contributed by atoms with Crippen LogP contribution >= 0.6 is 0 Å². The molecule has 0 saturated heterocycles. The van der Waals surface area contributed by atoms with Crippen LogP contribution in [0, 0.1) is 0 Å². The molecule has 1 aromatic heterocycles. The number of aliphatic hydroxyl groups excluding tert-OH is 1. The van der Waals surface area contributed by atoms with E-state index in [1.807, 2.05) is 0 Å². The summed E-state index contributed by atoms with van der Waals surface area (Å²) in [7, 11) is 0. The number of aromatic carboxylic acids is 1. The summed E-state index contributed by atoms with van der Waals surface area (Å²) in [5.74, 6) is -1.18. The molecule has 0 bridgehead atoms. The van der Waals surface area contributed by atoms with Crippen LogP contribution in [0.3, 0.4) is 0 Å². The number of aliphatic hydroxyl groups is 1. The standard InChI is InChI=1S/C7H8O4/c8-3-1-5-2-4-11-6(5)7(9)10/h2,4,8H,1,3H2,(H,9,10). The van der Waals surface area contributed by atoms with E-state index < -0.39 is 5.97 Å². The average molecular weight is 156 g/mol. The monoisotopic (exact) mass is 156 g/mol. The lowest BCUT2D eigenvalue weighted by Gasteiger charge is -1.92. The maximum absolute atomic E-state index is 10.4. The van der Waals surface area contributed by atoms with Crippen LogP contribution in [-0.4, -0.2) is 22.8 Å². The first-order chi connectivity index (χ1) is 5.25. The summed E-state index contributed by atoms with van der Waals surface area (Å²) in [6.07, 6.45) is 1.62. The van der Waals surface area contributed by atoms with Crippen molar-refractivity contribution < 1.29 is 19.4 Å². The Bertz CT molecular complexity index is 251. The lowest BCUT2D eigenvalue weighted by atomic mass is 10.2. The Balaban J connectivity index is 2.87. The topological polar surface area (TPSA) is 70.7 Å². The molecule has 0 spiro atoms. The maximum Gasteiger partial charge on any atom is 0.372 e. The van der Waals surface area contributed by atoms with E-state index in [1.165, 1.54) is 6.26 Å². The highest BCUT2D eigenvalue weighted by Gasteiger charge is 2.12. The van der Waals surface area contributed by atoms with Gasteiger partial charge in [-0.3, -0.25) is 0 Å². The van der Waals surface area contributed by atoms with Crippen molar-refractivity contribution >= 4 is 5.97 Å². The summed E-state index contributed by atoms with van der Waals surface area (Å²) in [6, 6.07) is 1.54. The maximum atomic E-state index is 10.4. The van der Waals surface area contributed by atoms with E-state index in [2.05, 4.69) is 4.42 Å². The molecular weight excluding hydrogens is 148 g/mol. The quantitative estimate of drug-likeness (QED) is 0.669. The first-order valence-corrected chi connectivity index (χ1v) is 3.16. The molecule has 0 atom stereocenters. The Labute approximate surface area is 63.1 Å². The lowest BCUT2D eigenvalue weighted by molar-refractivity contribution is 0.0660. The van der Waals surface area contributed by atoms with Crippen LogP contribution < -0.4 is 0 Å². The Morgan fingerprint density at radius 1 is 1.64 bits per heavy atom. The van der Waals surface area contributed by atoms with E-state index in [0.717, 1.165) is 0 Å². The molecule has 4 heteroatoms. The minimum atomic E-state index is -1.10. The first-order valence-electron chi connectivity index (χ1n) is 3.16. The Hall–Kier alpha value is -1.29. The van der Waals surface area contributed by atoms with Crippen molar-refractivity contribution in [3.05, 3.63) is 23.7 Å². The van der Waals surface area contributed by atoms with Crippen molar-refractivity contribution in [3.63, 3.8) is 0 Å². The smallest absolute Gasteiger partial charge is 0.372 e. The molecule has 1 aromatic rings. The second kappa shape index (κ2) is 3.21. The summed E-state index contributed by atoms with van der Waals surface area (Å²) in [5, 5.41) is 17.0. The van der Waals surface area contributed by atoms with Crippen molar-refractivity contribution in [3.8, 4) is 0 Å². The largest absolute Gasteiger partial charge is 0.475 e. The van der Waals surface area contributed by atoms with Crippen LogP contribution in [0.15, 0.2) is 16.7 Å². The van der Waals surface area contributed by atoms with Crippen molar-refractivity contribution in [1.29, 1.82) is 0 Å². The van der Waals surface area contributed by atoms with E-state index in [-0.39, 0.29) is 12.4 Å². The van der Waals surface area contributed by atoms with Gasteiger partial charge in [0.2, 0.25) is 5.76 Å². The van der Waals surface area contributed by atoms with Gasteiger partial charge < -0.3 is 14.6 Å². The zero-order valence-corrected chi connectivity index (χ0v) is 5.78. The van der Waals surface area contributed by atoms with Gasteiger partial charge in [-0.1, -0.05) is 0 Å². The highest BCUT2D eigenvalue weighted by Crippen LogP contribution is 2.10. The van der Waals surface area contributed by atoms with Gasteiger partial charge in [-0.05, 0) is 12.5 Å². The van der Waals surface area contributed by atoms with Gasteiger partial charge in [-0.25, -0.2) is 4.79 Å². The molecule has 0 fully saturated rings. The van der Waals surface area contributed by atoms with Gasteiger partial charge in [-0.15, -0.1) is 0 Å². The molecule has 0 aromatic carbocycles. The van der Waals surface area contributed by atoms with Gasteiger partial charge in [0.05, 0.1) is 6.26 Å². The zero-order chi connectivity index (χ0) is 8.27.